The lowest BCUT2D eigenvalue weighted by Gasteiger charge is -2.23. The molecule has 0 spiro atoms. The summed E-state index contributed by atoms with van der Waals surface area (Å²) in [5.41, 5.74) is -0.778. The average Bonchev–Trinajstić information content (AvgIpc) is 3.10. The first kappa shape index (κ1) is 15.9. The van der Waals surface area contributed by atoms with Crippen molar-refractivity contribution in [3.05, 3.63) is 0 Å². The van der Waals surface area contributed by atoms with Gasteiger partial charge in [-0.1, -0.05) is 6.92 Å². The van der Waals surface area contributed by atoms with Gasteiger partial charge in [0, 0.05) is 13.2 Å². The Labute approximate surface area is 109 Å². The first-order chi connectivity index (χ1) is 8.66. The van der Waals surface area contributed by atoms with Crippen LogP contribution in [-0.4, -0.2) is 59.6 Å². The number of aliphatic hydroxyl groups excluding tert-OH is 3. The van der Waals surface area contributed by atoms with E-state index in [0.29, 0.717) is 6.61 Å². The molecule has 2 rings (SSSR count). The molecular formula is C13H26O5. The number of ether oxygens (including phenoxy) is 2. The summed E-state index contributed by atoms with van der Waals surface area (Å²) >= 11 is 0. The monoisotopic (exact) mass is 262 g/mol. The molecule has 0 aromatic rings. The molecule has 0 amide bonds. The largest absolute Gasteiger partial charge is 0.393 e. The molecular weight excluding hydrogens is 236 g/mol. The van der Waals surface area contributed by atoms with Crippen LogP contribution in [-0.2, 0) is 9.47 Å². The van der Waals surface area contributed by atoms with E-state index in [4.69, 9.17) is 24.8 Å². The van der Waals surface area contributed by atoms with E-state index in [1.165, 1.54) is 0 Å². The van der Waals surface area contributed by atoms with Gasteiger partial charge in [0.25, 0.3) is 0 Å². The van der Waals surface area contributed by atoms with Crippen molar-refractivity contribution < 1.29 is 24.8 Å². The van der Waals surface area contributed by atoms with Gasteiger partial charge in [-0.25, -0.2) is 0 Å². The first-order valence-electron chi connectivity index (χ1n) is 6.76. The van der Waals surface area contributed by atoms with Crippen LogP contribution >= 0.6 is 0 Å². The summed E-state index contributed by atoms with van der Waals surface area (Å²) in [5.74, 6) is 0. The molecule has 2 aliphatic rings. The van der Waals surface area contributed by atoms with Gasteiger partial charge >= 0.3 is 0 Å². The minimum absolute atomic E-state index is 0.0660. The predicted molar refractivity (Wildman–Crippen MR) is 67.4 cm³/mol. The second-order valence-electron chi connectivity index (χ2n) is 5.10. The third kappa shape index (κ3) is 3.90. The van der Waals surface area contributed by atoms with E-state index in [0.717, 1.165) is 38.7 Å². The summed E-state index contributed by atoms with van der Waals surface area (Å²) in [4.78, 5) is 0. The molecule has 0 aliphatic carbocycles. The topological polar surface area (TPSA) is 79.2 Å². The maximum atomic E-state index is 8.89. The molecule has 0 aromatic carbocycles. The maximum absolute atomic E-state index is 8.89. The van der Waals surface area contributed by atoms with Gasteiger partial charge in [-0.05, 0) is 32.1 Å². The fourth-order valence-corrected chi connectivity index (χ4v) is 2.33. The Morgan fingerprint density at radius 2 is 1.28 bits per heavy atom. The number of rotatable bonds is 4. The van der Waals surface area contributed by atoms with Gasteiger partial charge in [-0.2, -0.15) is 0 Å². The van der Waals surface area contributed by atoms with Crippen molar-refractivity contribution in [2.24, 2.45) is 0 Å². The fourth-order valence-electron chi connectivity index (χ4n) is 2.33. The lowest BCUT2D eigenvalue weighted by molar-refractivity contribution is -0.0718. The predicted octanol–water partition coefficient (Wildman–Crippen LogP) is 0.458. The van der Waals surface area contributed by atoms with Gasteiger partial charge in [0.1, 0.15) is 5.60 Å². The number of hydrogen-bond acceptors (Lipinski definition) is 5. The van der Waals surface area contributed by atoms with Crippen LogP contribution in [0.2, 0.25) is 0 Å². The molecule has 18 heavy (non-hydrogen) atoms. The summed E-state index contributed by atoms with van der Waals surface area (Å²) in [6.45, 7) is 3.60. The average molecular weight is 262 g/mol. The summed E-state index contributed by atoms with van der Waals surface area (Å²) < 4.78 is 10.5. The summed E-state index contributed by atoms with van der Waals surface area (Å²) in [6.07, 6.45) is 4.79. The van der Waals surface area contributed by atoms with Crippen LogP contribution in [0.5, 0.6) is 0 Å². The van der Waals surface area contributed by atoms with E-state index in [1.54, 1.807) is 0 Å². The molecule has 1 atom stereocenters. The Balaban J connectivity index is 0.000000180. The van der Waals surface area contributed by atoms with Gasteiger partial charge in [-0.3, -0.25) is 0 Å². The standard InChI is InChI=1S/C7H14O2.C6H12O3/c1-2-7(6-8)4-3-5-9-7;7-4-6(5-8)2-1-3-9-6/h8H,2-6H2,1H3;7-8H,1-5H2. The van der Waals surface area contributed by atoms with Crippen molar-refractivity contribution in [1.82, 2.24) is 0 Å². The molecule has 2 saturated heterocycles. The third-order valence-electron chi connectivity index (χ3n) is 3.88. The van der Waals surface area contributed by atoms with Crippen molar-refractivity contribution in [2.75, 3.05) is 33.0 Å². The molecule has 108 valence electrons. The maximum Gasteiger partial charge on any atom is 0.114 e. The molecule has 5 heteroatoms. The molecule has 1 unspecified atom stereocenters. The smallest absolute Gasteiger partial charge is 0.114 e. The molecule has 0 radical (unpaired) electrons. The van der Waals surface area contributed by atoms with Crippen LogP contribution in [0.25, 0.3) is 0 Å². The van der Waals surface area contributed by atoms with Crippen LogP contribution < -0.4 is 0 Å². The van der Waals surface area contributed by atoms with Crippen molar-refractivity contribution in [1.29, 1.82) is 0 Å². The van der Waals surface area contributed by atoms with Gasteiger partial charge in [0.15, 0.2) is 0 Å². The molecule has 2 aliphatic heterocycles. The van der Waals surface area contributed by atoms with Gasteiger partial charge < -0.3 is 24.8 Å². The van der Waals surface area contributed by atoms with Gasteiger partial charge in [0.2, 0.25) is 0 Å². The number of aliphatic hydroxyl groups is 3. The first-order valence-corrected chi connectivity index (χ1v) is 6.76. The lowest BCUT2D eigenvalue weighted by atomic mass is 9.98. The highest BCUT2D eigenvalue weighted by Gasteiger charge is 2.33. The van der Waals surface area contributed by atoms with Crippen LogP contribution in [0.1, 0.15) is 39.0 Å². The van der Waals surface area contributed by atoms with Crippen molar-refractivity contribution in [2.45, 2.75) is 50.2 Å². The summed E-state index contributed by atoms with van der Waals surface area (Å²) in [5, 5.41) is 26.4. The Bertz CT molecular complexity index is 183. The zero-order valence-electron chi connectivity index (χ0n) is 11.2. The molecule has 5 nitrogen and oxygen atoms in total. The molecule has 2 fully saturated rings. The Hall–Kier alpha value is -0.200. The van der Waals surface area contributed by atoms with Crippen LogP contribution in [0, 0.1) is 0 Å². The zero-order valence-corrected chi connectivity index (χ0v) is 11.2. The lowest BCUT2D eigenvalue weighted by Crippen LogP contribution is -2.36. The normalized spacial score (nSPS) is 30.0. The van der Waals surface area contributed by atoms with E-state index < -0.39 is 5.60 Å². The Morgan fingerprint density at radius 1 is 0.833 bits per heavy atom. The van der Waals surface area contributed by atoms with Gasteiger partial charge in [0.05, 0.1) is 25.4 Å². The Kier molecular flexibility index (Phi) is 6.52. The SMILES string of the molecule is CCC1(CO)CCCO1.OCC1(CO)CCCO1. The molecule has 3 N–H and O–H groups in total. The second-order valence-corrected chi connectivity index (χ2v) is 5.10. The van der Waals surface area contributed by atoms with Crippen molar-refractivity contribution in [3.8, 4) is 0 Å². The minimum Gasteiger partial charge on any atom is -0.393 e. The van der Waals surface area contributed by atoms with E-state index in [9.17, 15) is 0 Å². The highest BCUT2D eigenvalue weighted by molar-refractivity contribution is 4.83. The highest BCUT2D eigenvalue weighted by Crippen LogP contribution is 2.27. The second kappa shape index (κ2) is 7.40. The van der Waals surface area contributed by atoms with E-state index >= 15 is 0 Å². The van der Waals surface area contributed by atoms with E-state index in [-0.39, 0.29) is 25.4 Å². The van der Waals surface area contributed by atoms with Crippen LogP contribution in [0.3, 0.4) is 0 Å². The van der Waals surface area contributed by atoms with Crippen molar-refractivity contribution >= 4 is 0 Å². The number of hydrogen-bond donors (Lipinski definition) is 3. The molecule has 0 bridgehead atoms. The molecule has 0 saturated carbocycles. The highest BCUT2D eigenvalue weighted by atomic mass is 16.5. The van der Waals surface area contributed by atoms with E-state index in [2.05, 4.69) is 6.92 Å². The quantitative estimate of drug-likeness (QED) is 0.686. The van der Waals surface area contributed by atoms with Crippen molar-refractivity contribution in [3.63, 3.8) is 0 Å². The Morgan fingerprint density at radius 3 is 1.44 bits per heavy atom. The van der Waals surface area contributed by atoms with Crippen LogP contribution in [0.4, 0.5) is 0 Å². The summed E-state index contributed by atoms with van der Waals surface area (Å²) in [7, 11) is 0. The molecule has 2 heterocycles. The molecule has 0 aromatic heterocycles. The van der Waals surface area contributed by atoms with Gasteiger partial charge in [-0.15, -0.1) is 0 Å². The minimum atomic E-state index is -0.611. The third-order valence-corrected chi connectivity index (χ3v) is 3.88. The summed E-state index contributed by atoms with van der Waals surface area (Å²) in [6, 6.07) is 0. The fraction of sp³-hybridized carbons (Fsp3) is 1.00. The van der Waals surface area contributed by atoms with Crippen LogP contribution in [0.15, 0.2) is 0 Å². The van der Waals surface area contributed by atoms with E-state index in [1.807, 2.05) is 0 Å². The zero-order chi connectivity index (χ0) is 13.5.